The molecular formula is C33H43N3O5S. The van der Waals surface area contributed by atoms with Gasteiger partial charge in [0.15, 0.2) is 0 Å². The van der Waals surface area contributed by atoms with Gasteiger partial charge in [-0.1, -0.05) is 74.0 Å². The predicted molar refractivity (Wildman–Crippen MR) is 168 cm³/mol. The summed E-state index contributed by atoms with van der Waals surface area (Å²) < 4.78 is 31.8. The minimum atomic E-state index is -3.59. The number of sulfonamides is 1. The maximum Gasteiger partial charge on any atom is 0.243 e. The van der Waals surface area contributed by atoms with Gasteiger partial charge >= 0.3 is 0 Å². The summed E-state index contributed by atoms with van der Waals surface area (Å²) in [5.41, 5.74) is 3.47. The molecular weight excluding hydrogens is 550 g/mol. The van der Waals surface area contributed by atoms with E-state index in [2.05, 4.69) is 5.32 Å². The van der Waals surface area contributed by atoms with E-state index in [1.165, 1.54) is 4.31 Å². The fourth-order valence-electron chi connectivity index (χ4n) is 4.62. The predicted octanol–water partition coefficient (Wildman–Crippen LogP) is 4.96. The topological polar surface area (TPSA) is 96.0 Å². The lowest BCUT2D eigenvalue weighted by molar-refractivity contribution is -0.141. The summed E-state index contributed by atoms with van der Waals surface area (Å²) in [5.74, 6) is 0.463. The highest BCUT2D eigenvalue weighted by Gasteiger charge is 2.30. The van der Waals surface area contributed by atoms with Crippen LogP contribution in [-0.2, 0) is 32.6 Å². The first kappa shape index (κ1) is 32.7. The third kappa shape index (κ3) is 9.91. The van der Waals surface area contributed by atoms with E-state index in [1.54, 1.807) is 36.3 Å². The van der Waals surface area contributed by atoms with Crippen molar-refractivity contribution in [2.45, 2.75) is 52.6 Å². The summed E-state index contributed by atoms with van der Waals surface area (Å²) in [6, 6.07) is 23.6. The molecule has 0 saturated heterocycles. The second-order valence-corrected chi connectivity index (χ2v) is 12.9. The Morgan fingerprint density at radius 1 is 0.905 bits per heavy atom. The number of ether oxygens (including phenoxy) is 1. The Bertz CT molecular complexity index is 1390. The summed E-state index contributed by atoms with van der Waals surface area (Å²) in [7, 11) is -2.04. The Balaban J connectivity index is 1.86. The number of nitrogens with one attached hydrogen (secondary N) is 1. The van der Waals surface area contributed by atoms with Crippen molar-refractivity contribution in [3.8, 4) is 5.75 Å². The standard InChI is InChI=1S/C33H43N3O5S/c1-25(2)23-34-33(38)31(22-27-10-7-6-8-11-27)35(24-28-15-13-26(3)14-16-28)32(37)12-9-21-36(42(5,39)40)29-17-19-30(41-4)20-18-29/h6-8,10-11,13-20,25,31H,9,12,21-24H2,1-5H3,(H,34,38)/t31-/m1/s1. The van der Waals surface area contributed by atoms with E-state index in [0.717, 1.165) is 22.9 Å². The van der Waals surface area contributed by atoms with Crippen LogP contribution in [0.4, 0.5) is 5.69 Å². The van der Waals surface area contributed by atoms with Crippen molar-refractivity contribution in [2.24, 2.45) is 5.92 Å². The molecule has 1 N–H and O–H groups in total. The van der Waals surface area contributed by atoms with Crippen LogP contribution in [0.2, 0.25) is 0 Å². The third-order valence-electron chi connectivity index (χ3n) is 6.94. The molecule has 0 aliphatic rings. The van der Waals surface area contributed by atoms with Gasteiger partial charge in [-0.15, -0.1) is 0 Å². The second-order valence-electron chi connectivity index (χ2n) is 11.0. The zero-order valence-corrected chi connectivity index (χ0v) is 26.1. The number of aryl methyl sites for hydroxylation is 1. The minimum Gasteiger partial charge on any atom is -0.497 e. The minimum absolute atomic E-state index is 0.0801. The van der Waals surface area contributed by atoms with Crippen LogP contribution < -0.4 is 14.4 Å². The molecule has 1 atom stereocenters. The lowest BCUT2D eigenvalue weighted by Gasteiger charge is -2.32. The van der Waals surface area contributed by atoms with Crippen molar-refractivity contribution in [2.75, 3.05) is 30.8 Å². The average Bonchev–Trinajstić information content (AvgIpc) is 2.96. The maximum atomic E-state index is 13.9. The Kier molecular flexibility index (Phi) is 12.0. The molecule has 2 amide bonds. The van der Waals surface area contributed by atoms with Crippen LogP contribution in [0.5, 0.6) is 5.75 Å². The number of hydrogen-bond donors (Lipinski definition) is 1. The van der Waals surface area contributed by atoms with Crippen LogP contribution in [0.15, 0.2) is 78.9 Å². The molecule has 8 nitrogen and oxygen atoms in total. The zero-order valence-electron chi connectivity index (χ0n) is 25.2. The molecule has 0 saturated carbocycles. The van der Waals surface area contributed by atoms with Gasteiger partial charge in [0.25, 0.3) is 0 Å². The Morgan fingerprint density at radius 2 is 1.55 bits per heavy atom. The van der Waals surface area contributed by atoms with E-state index in [0.29, 0.717) is 24.4 Å². The van der Waals surface area contributed by atoms with Gasteiger partial charge in [-0.05, 0) is 54.7 Å². The first-order valence-corrected chi connectivity index (χ1v) is 16.1. The molecule has 0 aliphatic heterocycles. The summed E-state index contributed by atoms with van der Waals surface area (Å²) in [4.78, 5) is 29.1. The molecule has 0 aliphatic carbocycles. The van der Waals surface area contributed by atoms with Gasteiger partial charge in [0.1, 0.15) is 11.8 Å². The normalized spacial score (nSPS) is 12.0. The highest BCUT2D eigenvalue weighted by atomic mass is 32.2. The van der Waals surface area contributed by atoms with Crippen molar-refractivity contribution in [1.29, 1.82) is 0 Å². The first-order chi connectivity index (χ1) is 20.0. The third-order valence-corrected chi connectivity index (χ3v) is 8.14. The van der Waals surface area contributed by atoms with Gasteiger partial charge in [0.2, 0.25) is 21.8 Å². The molecule has 3 aromatic carbocycles. The van der Waals surface area contributed by atoms with Crippen LogP contribution in [0.25, 0.3) is 0 Å². The molecule has 0 bridgehead atoms. The maximum absolute atomic E-state index is 13.9. The fourth-order valence-corrected chi connectivity index (χ4v) is 5.58. The number of carbonyl (C=O) groups is 2. The van der Waals surface area contributed by atoms with Crippen molar-refractivity contribution in [3.63, 3.8) is 0 Å². The molecule has 0 radical (unpaired) electrons. The van der Waals surface area contributed by atoms with Gasteiger partial charge in [-0.3, -0.25) is 13.9 Å². The number of anilines is 1. The monoisotopic (exact) mass is 593 g/mol. The number of benzene rings is 3. The van der Waals surface area contributed by atoms with Crippen LogP contribution in [0, 0.1) is 12.8 Å². The molecule has 0 spiro atoms. The van der Waals surface area contributed by atoms with Crippen molar-refractivity contribution < 1.29 is 22.7 Å². The van der Waals surface area contributed by atoms with E-state index < -0.39 is 16.1 Å². The molecule has 0 aromatic heterocycles. The lowest BCUT2D eigenvalue weighted by Crippen LogP contribution is -2.51. The Hall–Kier alpha value is -3.85. The van der Waals surface area contributed by atoms with E-state index in [9.17, 15) is 18.0 Å². The van der Waals surface area contributed by atoms with Gasteiger partial charge in [0.05, 0.1) is 19.1 Å². The largest absolute Gasteiger partial charge is 0.497 e. The van der Waals surface area contributed by atoms with Crippen molar-refractivity contribution in [3.05, 3.63) is 95.6 Å². The summed E-state index contributed by atoms with van der Waals surface area (Å²) >= 11 is 0. The Morgan fingerprint density at radius 3 is 2.12 bits per heavy atom. The van der Waals surface area contributed by atoms with E-state index in [4.69, 9.17) is 4.74 Å². The van der Waals surface area contributed by atoms with E-state index in [1.807, 2.05) is 75.4 Å². The molecule has 0 unspecified atom stereocenters. The zero-order chi connectivity index (χ0) is 30.7. The first-order valence-electron chi connectivity index (χ1n) is 14.3. The van der Waals surface area contributed by atoms with Crippen LogP contribution in [0.1, 0.15) is 43.4 Å². The molecule has 3 rings (SSSR count). The smallest absolute Gasteiger partial charge is 0.243 e. The average molecular weight is 594 g/mol. The summed E-state index contributed by atoms with van der Waals surface area (Å²) in [6.07, 6.45) is 1.88. The van der Waals surface area contributed by atoms with Gasteiger partial charge in [0, 0.05) is 32.5 Å². The lowest BCUT2D eigenvalue weighted by atomic mass is 10.0. The molecule has 0 heterocycles. The van der Waals surface area contributed by atoms with Gasteiger partial charge in [-0.25, -0.2) is 8.42 Å². The molecule has 42 heavy (non-hydrogen) atoms. The van der Waals surface area contributed by atoms with E-state index >= 15 is 0 Å². The Labute approximate surface area is 250 Å². The highest BCUT2D eigenvalue weighted by molar-refractivity contribution is 7.92. The quantitative estimate of drug-likeness (QED) is 0.269. The highest BCUT2D eigenvalue weighted by Crippen LogP contribution is 2.23. The van der Waals surface area contributed by atoms with Crippen LogP contribution >= 0.6 is 0 Å². The van der Waals surface area contributed by atoms with E-state index in [-0.39, 0.29) is 43.7 Å². The van der Waals surface area contributed by atoms with Gasteiger partial charge < -0.3 is 15.0 Å². The number of rotatable bonds is 15. The SMILES string of the molecule is COc1ccc(N(CCCC(=O)N(Cc2ccc(C)cc2)[C@H](Cc2ccccc2)C(=O)NCC(C)C)S(C)(=O)=O)cc1. The summed E-state index contributed by atoms with van der Waals surface area (Å²) in [6.45, 7) is 6.94. The van der Waals surface area contributed by atoms with Crippen LogP contribution in [0.3, 0.4) is 0 Å². The number of carbonyl (C=O) groups excluding carboxylic acids is 2. The number of amides is 2. The van der Waals surface area contributed by atoms with Crippen LogP contribution in [-0.4, -0.2) is 57.6 Å². The molecule has 9 heteroatoms. The fraction of sp³-hybridized carbons (Fsp3) is 0.394. The second kappa shape index (κ2) is 15.4. The molecule has 0 fully saturated rings. The molecule has 226 valence electrons. The number of methoxy groups -OCH3 is 1. The van der Waals surface area contributed by atoms with Gasteiger partial charge in [-0.2, -0.15) is 0 Å². The summed E-state index contributed by atoms with van der Waals surface area (Å²) in [5, 5.41) is 3.03. The number of hydrogen-bond acceptors (Lipinski definition) is 5. The van der Waals surface area contributed by atoms with Crippen molar-refractivity contribution in [1.82, 2.24) is 10.2 Å². The van der Waals surface area contributed by atoms with Crippen molar-refractivity contribution >= 4 is 27.5 Å². The number of nitrogens with zero attached hydrogens (tertiary/aromatic N) is 2. The molecule has 3 aromatic rings.